The maximum absolute atomic E-state index is 12.6. The minimum atomic E-state index is -0.702. The van der Waals surface area contributed by atoms with Crippen LogP contribution in [-0.4, -0.2) is 50.6 Å². The van der Waals surface area contributed by atoms with Gasteiger partial charge in [0.05, 0.1) is 13.7 Å². The standard InChI is InChI=1S/C24H31N3O5/c1-5-32-20-12-8-18(9-13-20)23(29)27-21(16(2)3)24(30)26-15-14-25-22(28)17-6-10-19(31-4)11-7-17/h6-13,16,21H,5,14-15H2,1-4H3,(H,25,28)(H,26,30)(H,27,29). The number of benzene rings is 2. The van der Waals surface area contributed by atoms with E-state index >= 15 is 0 Å². The number of hydrogen-bond acceptors (Lipinski definition) is 5. The number of methoxy groups -OCH3 is 1. The number of nitrogens with one attached hydrogen (secondary N) is 3. The second-order valence-electron chi connectivity index (χ2n) is 7.43. The van der Waals surface area contributed by atoms with Crippen molar-refractivity contribution in [2.75, 3.05) is 26.8 Å². The first-order chi connectivity index (χ1) is 15.3. The van der Waals surface area contributed by atoms with E-state index in [-0.39, 0.29) is 36.7 Å². The summed E-state index contributed by atoms with van der Waals surface area (Å²) >= 11 is 0. The van der Waals surface area contributed by atoms with Crippen LogP contribution in [-0.2, 0) is 4.79 Å². The minimum absolute atomic E-state index is 0.115. The molecule has 0 bridgehead atoms. The maximum Gasteiger partial charge on any atom is 0.251 e. The molecule has 2 aromatic rings. The van der Waals surface area contributed by atoms with Gasteiger partial charge in [-0.05, 0) is 61.4 Å². The molecule has 3 N–H and O–H groups in total. The zero-order chi connectivity index (χ0) is 23.5. The molecule has 2 rings (SSSR count). The van der Waals surface area contributed by atoms with Gasteiger partial charge in [0.2, 0.25) is 5.91 Å². The highest BCUT2D eigenvalue weighted by atomic mass is 16.5. The van der Waals surface area contributed by atoms with Crippen molar-refractivity contribution in [2.45, 2.75) is 26.8 Å². The number of ether oxygens (including phenoxy) is 2. The van der Waals surface area contributed by atoms with E-state index in [1.807, 2.05) is 20.8 Å². The Balaban J connectivity index is 1.83. The van der Waals surface area contributed by atoms with Crippen LogP contribution in [0.25, 0.3) is 0 Å². The average Bonchev–Trinajstić information content (AvgIpc) is 2.80. The van der Waals surface area contributed by atoms with E-state index in [0.29, 0.717) is 29.2 Å². The number of carbonyl (C=O) groups excluding carboxylic acids is 3. The molecule has 172 valence electrons. The summed E-state index contributed by atoms with van der Waals surface area (Å²) in [5.41, 5.74) is 0.943. The molecule has 0 heterocycles. The Morgan fingerprint density at radius 1 is 0.812 bits per heavy atom. The third kappa shape index (κ3) is 7.30. The van der Waals surface area contributed by atoms with E-state index in [1.165, 1.54) is 0 Å². The lowest BCUT2D eigenvalue weighted by Gasteiger charge is -2.22. The van der Waals surface area contributed by atoms with Crippen LogP contribution < -0.4 is 25.4 Å². The van der Waals surface area contributed by atoms with Crippen molar-refractivity contribution in [1.29, 1.82) is 0 Å². The lowest BCUT2D eigenvalue weighted by Crippen LogP contribution is -2.50. The molecule has 8 heteroatoms. The van der Waals surface area contributed by atoms with Crippen molar-refractivity contribution >= 4 is 17.7 Å². The Morgan fingerprint density at radius 2 is 1.34 bits per heavy atom. The summed E-state index contributed by atoms with van der Waals surface area (Å²) in [7, 11) is 1.56. The summed E-state index contributed by atoms with van der Waals surface area (Å²) < 4.78 is 10.4. The first kappa shape index (κ1) is 24.7. The average molecular weight is 442 g/mol. The molecule has 0 spiro atoms. The number of carbonyl (C=O) groups is 3. The molecule has 32 heavy (non-hydrogen) atoms. The molecular formula is C24H31N3O5. The Kier molecular flexibility index (Phi) is 9.53. The van der Waals surface area contributed by atoms with Crippen molar-refractivity contribution < 1.29 is 23.9 Å². The van der Waals surface area contributed by atoms with Gasteiger partial charge in [0.1, 0.15) is 17.5 Å². The van der Waals surface area contributed by atoms with E-state index in [4.69, 9.17) is 9.47 Å². The summed E-state index contributed by atoms with van der Waals surface area (Å²) in [5, 5.41) is 8.29. The van der Waals surface area contributed by atoms with Crippen LogP contribution in [0.1, 0.15) is 41.5 Å². The SMILES string of the molecule is CCOc1ccc(C(=O)NC(C(=O)NCCNC(=O)c2ccc(OC)cc2)C(C)C)cc1. The highest BCUT2D eigenvalue weighted by molar-refractivity contribution is 5.97. The molecule has 0 aliphatic rings. The normalized spacial score (nSPS) is 11.4. The fourth-order valence-corrected chi connectivity index (χ4v) is 2.94. The Morgan fingerprint density at radius 3 is 1.88 bits per heavy atom. The predicted molar refractivity (Wildman–Crippen MR) is 122 cm³/mol. The van der Waals surface area contributed by atoms with Crippen molar-refractivity contribution in [3.05, 3.63) is 59.7 Å². The van der Waals surface area contributed by atoms with Crippen LogP contribution in [0.2, 0.25) is 0 Å². The Bertz CT molecular complexity index is 895. The zero-order valence-corrected chi connectivity index (χ0v) is 18.9. The van der Waals surface area contributed by atoms with Crippen LogP contribution in [0.4, 0.5) is 0 Å². The van der Waals surface area contributed by atoms with Crippen LogP contribution >= 0.6 is 0 Å². The van der Waals surface area contributed by atoms with E-state index in [9.17, 15) is 14.4 Å². The first-order valence-corrected chi connectivity index (χ1v) is 10.6. The second-order valence-corrected chi connectivity index (χ2v) is 7.43. The third-order valence-corrected chi connectivity index (χ3v) is 4.73. The molecule has 0 radical (unpaired) electrons. The smallest absolute Gasteiger partial charge is 0.251 e. The third-order valence-electron chi connectivity index (χ3n) is 4.73. The van der Waals surface area contributed by atoms with Gasteiger partial charge < -0.3 is 25.4 Å². The monoisotopic (exact) mass is 441 g/mol. The van der Waals surface area contributed by atoms with Crippen LogP contribution in [0.5, 0.6) is 11.5 Å². The molecule has 0 saturated heterocycles. The summed E-state index contributed by atoms with van der Waals surface area (Å²) in [6.07, 6.45) is 0. The van der Waals surface area contributed by atoms with Gasteiger partial charge in [-0.1, -0.05) is 13.8 Å². The van der Waals surface area contributed by atoms with Gasteiger partial charge >= 0.3 is 0 Å². The molecule has 0 aromatic heterocycles. The summed E-state index contributed by atoms with van der Waals surface area (Å²) in [6, 6.07) is 12.8. The largest absolute Gasteiger partial charge is 0.497 e. The van der Waals surface area contributed by atoms with Crippen molar-refractivity contribution in [1.82, 2.24) is 16.0 Å². The molecule has 0 fully saturated rings. The molecule has 0 saturated carbocycles. The van der Waals surface area contributed by atoms with Gasteiger partial charge in [-0.25, -0.2) is 0 Å². The van der Waals surface area contributed by atoms with Gasteiger partial charge in [-0.2, -0.15) is 0 Å². The van der Waals surface area contributed by atoms with E-state index < -0.39 is 6.04 Å². The van der Waals surface area contributed by atoms with Gasteiger partial charge in [0, 0.05) is 24.2 Å². The van der Waals surface area contributed by atoms with E-state index in [0.717, 1.165) is 0 Å². The van der Waals surface area contributed by atoms with E-state index in [2.05, 4.69) is 16.0 Å². The number of amides is 3. The van der Waals surface area contributed by atoms with Crippen molar-refractivity contribution in [2.24, 2.45) is 5.92 Å². The van der Waals surface area contributed by atoms with Crippen LogP contribution in [0.3, 0.4) is 0 Å². The highest BCUT2D eigenvalue weighted by Gasteiger charge is 2.24. The molecule has 1 unspecified atom stereocenters. The van der Waals surface area contributed by atoms with Gasteiger partial charge in [-0.15, -0.1) is 0 Å². The summed E-state index contributed by atoms with van der Waals surface area (Å²) in [4.78, 5) is 37.3. The zero-order valence-electron chi connectivity index (χ0n) is 18.9. The molecular weight excluding hydrogens is 410 g/mol. The number of rotatable bonds is 11. The van der Waals surface area contributed by atoms with Crippen LogP contribution in [0.15, 0.2) is 48.5 Å². The Labute approximate surface area is 188 Å². The van der Waals surface area contributed by atoms with E-state index in [1.54, 1.807) is 55.6 Å². The fourth-order valence-electron chi connectivity index (χ4n) is 2.94. The second kappa shape index (κ2) is 12.3. The molecule has 2 aromatic carbocycles. The van der Waals surface area contributed by atoms with Gasteiger partial charge in [-0.3, -0.25) is 14.4 Å². The highest BCUT2D eigenvalue weighted by Crippen LogP contribution is 2.13. The predicted octanol–water partition coefficient (Wildman–Crippen LogP) is 2.39. The fraction of sp³-hybridized carbons (Fsp3) is 0.375. The quantitative estimate of drug-likeness (QED) is 0.465. The van der Waals surface area contributed by atoms with Crippen LogP contribution in [0, 0.1) is 5.92 Å². The lowest BCUT2D eigenvalue weighted by molar-refractivity contribution is -0.123. The molecule has 1 atom stereocenters. The summed E-state index contributed by atoms with van der Waals surface area (Å²) in [6.45, 7) is 6.64. The number of hydrogen-bond donors (Lipinski definition) is 3. The minimum Gasteiger partial charge on any atom is -0.497 e. The van der Waals surface area contributed by atoms with Crippen molar-refractivity contribution in [3.63, 3.8) is 0 Å². The van der Waals surface area contributed by atoms with Gasteiger partial charge in [0.15, 0.2) is 0 Å². The molecule has 0 aliphatic carbocycles. The maximum atomic E-state index is 12.6. The first-order valence-electron chi connectivity index (χ1n) is 10.6. The lowest BCUT2D eigenvalue weighted by atomic mass is 10.0. The molecule has 3 amide bonds. The van der Waals surface area contributed by atoms with Crippen molar-refractivity contribution in [3.8, 4) is 11.5 Å². The Hall–Kier alpha value is -3.55. The molecule has 0 aliphatic heterocycles. The topological polar surface area (TPSA) is 106 Å². The van der Waals surface area contributed by atoms with Gasteiger partial charge in [0.25, 0.3) is 11.8 Å². The summed E-state index contributed by atoms with van der Waals surface area (Å²) in [5.74, 6) is 0.342. The molecule has 8 nitrogen and oxygen atoms in total.